The van der Waals surface area contributed by atoms with Gasteiger partial charge in [0.1, 0.15) is 0 Å². The lowest BCUT2D eigenvalue weighted by atomic mass is 10.1. The Kier molecular flexibility index (Phi) is 5.20. The molecule has 1 amide bonds. The van der Waals surface area contributed by atoms with E-state index in [1.807, 2.05) is 11.9 Å². The van der Waals surface area contributed by atoms with E-state index in [1.54, 1.807) is 11.3 Å². The van der Waals surface area contributed by atoms with Crippen LogP contribution in [0.15, 0.2) is 17.5 Å². The zero-order valence-corrected chi connectivity index (χ0v) is 11.8. The number of carbonyl (C=O) groups excluding carboxylic acids is 1. The highest BCUT2D eigenvalue weighted by molar-refractivity contribution is 7.09. The second kappa shape index (κ2) is 6.90. The molecule has 3 nitrogen and oxygen atoms in total. The van der Waals surface area contributed by atoms with Crippen molar-refractivity contribution < 1.29 is 4.79 Å². The van der Waals surface area contributed by atoms with Crippen LogP contribution in [0.1, 0.15) is 30.6 Å². The molecule has 1 aromatic heterocycles. The molecule has 0 bridgehead atoms. The van der Waals surface area contributed by atoms with Crippen molar-refractivity contribution in [3.8, 4) is 0 Å². The summed E-state index contributed by atoms with van der Waals surface area (Å²) in [5.41, 5.74) is 0. The normalized spacial score (nSPS) is 20.4. The number of nitrogens with zero attached hydrogens (tertiary/aromatic N) is 1. The van der Waals surface area contributed by atoms with E-state index < -0.39 is 0 Å². The standard InChI is InChI=1S/C14H22N2OS/c1-16(10-8-12-6-5-11-18-12)14(17)13-7-3-2-4-9-15-13/h5-6,11,13,15H,2-4,7-10H2,1H3. The number of thiophene rings is 1. The van der Waals surface area contributed by atoms with Gasteiger partial charge in [-0.1, -0.05) is 18.9 Å². The maximum atomic E-state index is 12.3. The van der Waals surface area contributed by atoms with Crippen LogP contribution < -0.4 is 5.32 Å². The topological polar surface area (TPSA) is 32.3 Å². The van der Waals surface area contributed by atoms with Crippen molar-refractivity contribution in [3.63, 3.8) is 0 Å². The van der Waals surface area contributed by atoms with E-state index in [9.17, 15) is 4.79 Å². The Balaban J connectivity index is 1.79. The largest absolute Gasteiger partial charge is 0.344 e. The average molecular weight is 266 g/mol. The van der Waals surface area contributed by atoms with Crippen molar-refractivity contribution in [2.45, 2.75) is 38.1 Å². The molecule has 1 saturated heterocycles. The molecule has 1 N–H and O–H groups in total. The van der Waals surface area contributed by atoms with Gasteiger partial charge < -0.3 is 10.2 Å². The maximum Gasteiger partial charge on any atom is 0.239 e. The van der Waals surface area contributed by atoms with Crippen molar-refractivity contribution in [3.05, 3.63) is 22.4 Å². The second-order valence-corrected chi connectivity index (χ2v) is 5.98. The van der Waals surface area contributed by atoms with E-state index in [2.05, 4.69) is 22.8 Å². The SMILES string of the molecule is CN(CCc1cccs1)C(=O)C1CCCCCN1. The summed E-state index contributed by atoms with van der Waals surface area (Å²) < 4.78 is 0. The highest BCUT2D eigenvalue weighted by Crippen LogP contribution is 2.12. The molecular weight excluding hydrogens is 244 g/mol. The monoisotopic (exact) mass is 266 g/mol. The van der Waals surface area contributed by atoms with Crippen LogP contribution in [0.3, 0.4) is 0 Å². The first-order valence-electron chi connectivity index (χ1n) is 6.78. The summed E-state index contributed by atoms with van der Waals surface area (Å²) in [5.74, 6) is 0.258. The van der Waals surface area contributed by atoms with Crippen molar-refractivity contribution in [1.82, 2.24) is 10.2 Å². The molecule has 0 aliphatic carbocycles. The van der Waals surface area contributed by atoms with Gasteiger partial charge in [-0.3, -0.25) is 4.79 Å². The van der Waals surface area contributed by atoms with E-state index in [4.69, 9.17) is 0 Å². The highest BCUT2D eigenvalue weighted by atomic mass is 32.1. The van der Waals surface area contributed by atoms with Crippen LogP contribution in [0.25, 0.3) is 0 Å². The summed E-state index contributed by atoms with van der Waals surface area (Å²) in [6.07, 6.45) is 5.56. The third kappa shape index (κ3) is 3.82. The Hall–Kier alpha value is -0.870. The van der Waals surface area contributed by atoms with Crippen LogP contribution in [0.4, 0.5) is 0 Å². The summed E-state index contributed by atoms with van der Waals surface area (Å²) >= 11 is 1.76. The fraction of sp³-hybridized carbons (Fsp3) is 0.643. The third-order valence-corrected chi connectivity index (χ3v) is 4.44. The number of carbonyl (C=O) groups is 1. The second-order valence-electron chi connectivity index (χ2n) is 4.95. The smallest absolute Gasteiger partial charge is 0.239 e. The molecule has 1 atom stereocenters. The molecule has 2 rings (SSSR count). The summed E-state index contributed by atoms with van der Waals surface area (Å²) in [4.78, 5) is 15.5. The summed E-state index contributed by atoms with van der Waals surface area (Å²) in [5, 5.41) is 5.45. The third-order valence-electron chi connectivity index (χ3n) is 3.51. The van der Waals surface area contributed by atoms with Gasteiger partial charge in [0.2, 0.25) is 5.91 Å². The molecule has 100 valence electrons. The number of rotatable bonds is 4. The first-order chi connectivity index (χ1) is 8.77. The minimum Gasteiger partial charge on any atom is -0.344 e. The molecule has 0 spiro atoms. The van der Waals surface area contributed by atoms with Crippen LogP contribution in [0.2, 0.25) is 0 Å². The van der Waals surface area contributed by atoms with E-state index in [1.165, 1.54) is 24.1 Å². The molecule has 1 aromatic rings. The van der Waals surface area contributed by atoms with Gasteiger partial charge in [0.25, 0.3) is 0 Å². The van der Waals surface area contributed by atoms with E-state index in [0.717, 1.165) is 25.9 Å². The van der Waals surface area contributed by atoms with Crippen molar-refractivity contribution >= 4 is 17.2 Å². The van der Waals surface area contributed by atoms with Gasteiger partial charge >= 0.3 is 0 Å². The van der Waals surface area contributed by atoms with Gasteiger partial charge in [-0.25, -0.2) is 0 Å². The lowest BCUT2D eigenvalue weighted by Gasteiger charge is -2.23. The first-order valence-corrected chi connectivity index (χ1v) is 7.66. The van der Waals surface area contributed by atoms with E-state index in [-0.39, 0.29) is 11.9 Å². The van der Waals surface area contributed by atoms with Gasteiger partial charge in [0.15, 0.2) is 0 Å². The van der Waals surface area contributed by atoms with Gasteiger partial charge in [0.05, 0.1) is 6.04 Å². The molecule has 1 unspecified atom stereocenters. The molecule has 1 aliphatic rings. The predicted molar refractivity (Wildman–Crippen MR) is 75.9 cm³/mol. The molecule has 1 fully saturated rings. The minimum absolute atomic E-state index is 0.0424. The number of hydrogen-bond acceptors (Lipinski definition) is 3. The highest BCUT2D eigenvalue weighted by Gasteiger charge is 2.22. The number of hydrogen-bond donors (Lipinski definition) is 1. The Labute approximate surface area is 113 Å². The molecule has 18 heavy (non-hydrogen) atoms. The lowest BCUT2D eigenvalue weighted by Crippen LogP contribution is -2.45. The average Bonchev–Trinajstić information content (AvgIpc) is 2.75. The predicted octanol–water partition coefficient (Wildman–Crippen LogP) is 2.28. The molecule has 0 saturated carbocycles. The van der Waals surface area contributed by atoms with Crippen LogP contribution >= 0.6 is 11.3 Å². The molecular formula is C14H22N2OS. The number of amides is 1. The molecule has 0 aromatic carbocycles. The molecule has 1 aliphatic heterocycles. The molecule has 0 radical (unpaired) electrons. The van der Waals surface area contributed by atoms with Gasteiger partial charge in [-0.05, 0) is 37.3 Å². The van der Waals surface area contributed by atoms with Crippen LogP contribution in [0, 0.1) is 0 Å². The summed E-state index contributed by atoms with van der Waals surface area (Å²) in [6, 6.07) is 4.24. The van der Waals surface area contributed by atoms with Gasteiger partial charge in [-0.2, -0.15) is 0 Å². The van der Waals surface area contributed by atoms with Crippen LogP contribution in [-0.4, -0.2) is 37.0 Å². The first kappa shape index (κ1) is 13.6. The maximum absolute atomic E-state index is 12.3. The Bertz CT molecular complexity index is 356. The van der Waals surface area contributed by atoms with Gasteiger partial charge in [-0.15, -0.1) is 11.3 Å². The fourth-order valence-electron chi connectivity index (χ4n) is 2.35. The zero-order chi connectivity index (χ0) is 12.8. The summed E-state index contributed by atoms with van der Waals surface area (Å²) in [6.45, 7) is 1.80. The minimum atomic E-state index is 0.0424. The zero-order valence-electron chi connectivity index (χ0n) is 11.0. The number of likely N-dealkylation sites (N-methyl/N-ethyl adjacent to an activating group) is 1. The Morgan fingerprint density at radius 1 is 1.50 bits per heavy atom. The van der Waals surface area contributed by atoms with Crippen molar-refractivity contribution in [2.24, 2.45) is 0 Å². The molecule has 4 heteroatoms. The van der Waals surface area contributed by atoms with E-state index in [0.29, 0.717) is 0 Å². The summed E-state index contributed by atoms with van der Waals surface area (Å²) in [7, 11) is 1.92. The quantitative estimate of drug-likeness (QED) is 0.907. The lowest BCUT2D eigenvalue weighted by molar-refractivity contribution is -0.132. The molecule has 2 heterocycles. The van der Waals surface area contributed by atoms with Crippen molar-refractivity contribution in [2.75, 3.05) is 20.1 Å². The van der Waals surface area contributed by atoms with Crippen LogP contribution in [0.5, 0.6) is 0 Å². The number of nitrogens with one attached hydrogen (secondary N) is 1. The fourth-order valence-corrected chi connectivity index (χ4v) is 3.05. The Morgan fingerprint density at radius 2 is 2.39 bits per heavy atom. The van der Waals surface area contributed by atoms with Gasteiger partial charge in [0, 0.05) is 18.5 Å². The van der Waals surface area contributed by atoms with Crippen LogP contribution in [-0.2, 0) is 11.2 Å². The van der Waals surface area contributed by atoms with Crippen molar-refractivity contribution in [1.29, 1.82) is 0 Å². The van der Waals surface area contributed by atoms with E-state index >= 15 is 0 Å². The Morgan fingerprint density at radius 3 is 3.17 bits per heavy atom.